The maximum absolute atomic E-state index is 3.75. The molecule has 2 saturated heterocycles. The molecule has 2 aliphatic rings. The lowest BCUT2D eigenvalue weighted by Crippen LogP contribution is -2.47. The van der Waals surface area contributed by atoms with Crippen LogP contribution in [0.1, 0.15) is 49.3 Å². The van der Waals surface area contributed by atoms with E-state index in [4.69, 9.17) is 0 Å². The van der Waals surface area contributed by atoms with Gasteiger partial charge in [-0.3, -0.25) is 4.90 Å². The van der Waals surface area contributed by atoms with E-state index in [1.807, 2.05) is 0 Å². The van der Waals surface area contributed by atoms with Crippen LogP contribution in [0.4, 0.5) is 0 Å². The monoisotopic (exact) mass is 272 g/mol. The third-order valence-electron chi connectivity index (χ3n) is 5.33. The molecule has 3 rings (SSSR count). The number of benzene rings is 1. The van der Waals surface area contributed by atoms with Crippen LogP contribution in [-0.4, -0.2) is 29.6 Å². The molecule has 2 bridgehead atoms. The van der Waals surface area contributed by atoms with Gasteiger partial charge < -0.3 is 5.32 Å². The zero-order chi connectivity index (χ0) is 14.1. The molecule has 0 saturated carbocycles. The number of hydrogen-bond donors (Lipinski definition) is 1. The minimum absolute atomic E-state index is 0.778. The molecule has 2 unspecified atom stereocenters. The van der Waals surface area contributed by atoms with Crippen molar-refractivity contribution in [1.82, 2.24) is 10.2 Å². The largest absolute Gasteiger partial charge is 0.311 e. The highest BCUT2D eigenvalue weighted by Crippen LogP contribution is 2.30. The summed E-state index contributed by atoms with van der Waals surface area (Å²) in [5.41, 5.74) is 4.29. The van der Waals surface area contributed by atoms with Gasteiger partial charge in [-0.2, -0.15) is 0 Å². The van der Waals surface area contributed by atoms with Crippen molar-refractivity contribution in [1.29, 1.82) is 0 Å². The number of hydrogen-bond acceptors (Lipinski definition) is 2. The summed E-state index contributed by atoms with van der Waals surface area (Å²) in [7, 11) is 0. The first-order chi connectivity index (χ1) is 9.65. The molecule has 0 aromatic heterocycles. The van der Waals surface area contributed by atoms with Crippen molar-refractivity contribution in [3.63, 3.8) is 0 Å². The standard InChI is InChI=1S/C18H28N2/c1-4-20(12-15-6-5-13(2)14(3)9-15)18-10-16-7-8-17(11-18)19-16/h5-6,9,16-19H,4,7-8,10-12H2,1-3H3. The molecular formula is C18H28N2. The van der Waals surface area contributed by atoms with Gasteiger partial charge in [-0.15, -0.1) is 0 Å². The molecule has 20 heavy (non-hydrogen) atoms. The zero-order valence-corrected chi connectivity index (χ0v) is 13.2. The summed E-state index contributed by atoms with van der Waals surface area (Å²) < 4.78 is 0. The minimum Gasteiger partial charge on any atom is -0.311 e. The Morgan fingerprint density at radius 2 is 1.80 bits per heavy atom. The molecular weight excluding hydrogens is 244 g/mol. The summed E-state index contributed by atoms with van der Waals surface area (Å²) in [6.45, 7) is 9.00. The quantitative estimate of drug-likeness (QED) is 0.903. The Hall–Kier alpha value is -0.860. The zero-order valence-electron chi connectivity index (χ0n) is 13.2. The van der Waals surface area contributed by atoms with E-state index in [1.54, 1.807) is 0 Å². The first-order valence-corrected chi connectivity index (χ1v) is 8.22. The van der Waals surface area contributed by atoms with Gasteiger partial charge in [0.25, 0.3) is 0 Å². The van der Waals surface area contributed by atoms with Crippen molar-refractivity contribution < 1.29 is 0 Å². The highest BCUT2D eigenvalue weighted by molar-refractivity contribution is 5.29. The normalized spacial score (nSPS) is 29.1. The fourth-order valence-corrected chi connectivity index (χ4v) is 3.96. The van der Waals surface area contributed by atoms with E-state index < -0.39 is 0 Å². The molecule has 1 aromatic rings. The third-order valence-corrected chi connectivity index (χ3v) is 5.33. The number of rotatable bonds is 4. The lowest BCUT2D eigenvalue weighted by atomic mass is 9.97. The molecule has 0 radical (unpaired) electrons. The van der Waals surface area contributed by atoms with E-state index in [0.29, 0.717) is 0 Å². The number of fused-ring (bicyclic) bond motifs is 2. The Morgan fingerprint density at radius 1 is 1.10 bits per heavy atom. The van der Waals surface area contributed by atoms with Gasteiger partial charge in [0.15, 0.2) is 0 Å². The van der Waals surface area contributed by atoms with Crippen LogP contribution in [-0.2, 0) is 6.54 Å². The predicted molar refractivity (Wildman–Crippen MR) is 85.0 cm³/mol. The van der Waals surface area contributed by atoms with Crippen LogP contribution >= 0.6 is 0 Å². The van der Waals surface area contributed by atoms with Gasteiger partial charge in [0.05, 0.1) is 0 Å². The maximum atomic E-state index is 3.75. The van der Waals surface area contributed by atoms with Crippen LogP contribution < -0.4 is 5.32 Å². The topological polar surface area (TPSA) is 15.3 Å². The molecule has 0 spiro atoms. The number of piperidine rings is 1. The van der Waals surface area contributed by atoms with Crippen molar-refractivity contribution in [2.24, 2.45) is 0 Å². The van der Waals surface area contributed by atoms with E-state index in [9.17, 15) is 0 Å². The summed E-state index contributed by atoms with van der Waals surface area (Å²) in [5, 5.41) is 3.75. The van der Waals surface area contributed by atoms with Crippen molar-refractivity contribution in [3.8, 4) is 0 Å². The van der Waals surface area contributed by atoms with Crippen LogP contribution in [0.2, 0.25) is 0 Å². The smallest absolute Gasteiger partial charge is 0.0236 e. The van der Waals surface area contributed by atoms with Gasteiger partial charge in [-0.1, -0.05) is 25.1 Å². The predicted octanol–water partition coefficient (Wildman–Crippen LogP) is 3.41. The van der Waals surface area contributed by atoms with Crippen LogP contribution in [0, 0.1) is 13.8 Å². The van der Waals surface area contributed by atoms with E-state index >= 15 is 0 Å². The Morgan fingerprint density at radius 3 is 2.40 bits per heavy atom. The summed E-state index contributed by atoms with van der Waals surface area (Å²) in [6.07, 6.45) is 5.47. The van der Waals surface area contributed by atoms with Gasteiger partial charge in [-0.05, 0) is 62.8 Å². The van der Waals surface area contributed by atoms with Crippen molar-refractivity contribution in [3.05, 3.63) is 34.9 Å². The highest BCUT2D eigenvalue weighted by atomic mass is 15.2. The van der Waals surface area contributed by atoms with Crippen LogP contribution in [0.5, 0.6) is 0 Å². The summed E-state index contributed by atoms with van der Waals surface area (Å²) in [4.78, 5) is 2.69. The molecule has 1 aromatic carbocycles. The molecule has 0 aliphatic carbocycles. The van der Waals surface area contributed by atoms with E-state index in [0.717, 1.165) is 31.2 Å². The van der Waals surface area contributed by atoms with Gasteiger partial charge >= 0.3 is 0 Å². The highest BCUT2D eigenvalue weighted by Gasteiger charge is 2.35. The maximum Gasteiger partial charge on any atom is 0.0236 e. The average molecular weight is 272 g/mol. The Kier molecular flexibility index (Phi) is 4.13. The molecule has 2 fully saturated rings. The molecule has 2 atom stereocenters. The second kappa shape index (κ2) is 5.87. The van der Waals surface area contributed by atoms with E-state index in [1.165, 1.54) is 42.4 Å². The Balaban J connectivity index is 1.68. The fraction of sp³-hybridized carbons (Fsp3) is 0.667. The van der Waals surface area contributed by atoms with Crippen molar-refractivity contribution in [2.75, 3.05) is 6.54 Å². The van der Waals surface area contributed by atoms with E-state index in [-0.39, 0.29) is 0 Å². The lowest BCUT2D eigenvalue weighted by molar-refractivity contribution is 0.140. The number of nitrogens with zero attached hydrogens (tertiary/aromatic N) is 1. The fourth-order valence-electron chi connectivity index (χ4n) is 3.96. The first-order valence-electron chi connectivity index (χ1n) is 8.22. The second-order valence-electron chi connectivity index (χ2n) is 6.74. The minimum atomic E-state index is 0.778. The SMILES string of the molecule is CCN(Cc1ccc(C)c(C)c1)C1CC2CCC(C1)N2. The van der Waals surface area contributed by atoms with Crippen molar-refractivity contribution in [2.45, 2.75) is 71.1 Å². The molecule has 2 aliphatic heterocycles. The van der Waals surface area contributed by atoms with Crippen LogP contribution in [0.25, 0.3) is 0 Å². The van der Waals surface area contributed by atoms with Crippen molar-refractivity contribution >= 4 is 0 Å². The third kappa shape index (κ3) is 2.91. The molecule has 2 nitrogen and oxygen atoms in total. The molecule has 0 amide bonds. The van der Waals surface area contributed by atoms with Gasteiger partial charge in [0.2, 0.25) is 0 Å². The molecule has 110 valence electrons. The summed E-state index contributed by atoms with van der Waals surface area (Å²) in [6, 6.07) is 9.29. The first kappa shape index (κ1) is 14.1. The Labute approximate surface area is 123 Å². The summed E-state index contributed by atoms with van der Waals surface area (Å²) >= 11 is 0. The molecule has 2 heterocycles. The van der Waals surface area contributed by atoms with Gasteiger partial charge in [0, 0.05) is 24.7 Å². The van der Waals surface area contributed by atoms with Gasteiger partial charge in [0.1, 0.15) is 0 Å². The molecule has 2 heteroatoms. The lowest BCUT2D eigenvalue weighted by Gasteiger charge is -2.37. The van der Waals surface area contributed by atoms with Crippen LogP contribution in [0.3, 0.4) is 0 Å². The van der Waals surface area contributed by atoms with Crippen LogP contribution in [0.15, 0.2) is 18.2 Å². The Bertz CT molecular complexity index is 456. The second-order valence-corrected chi connectivity index (χ2v) is 6.74. The number of aryl methyl sites for hydroxylation is 2. The average Bonchev–Trinajstić information content (AvgIpc) is 2.78. The van der Waals surface area contributed by atoms with E-state index in [2.05, 4.69) is 49.2 Å². The molecule has 1 N–H and O–H groups in total. The number of nitrogens with one attached hydrogen (secondary N) is 1. The van der Waals surface area contributed by atoms with Gasteiger partial charge in [-0.25, -0.2) is 0 Å². The summed E-state index contributed by atoms with van der Waals surface area (Å²) in [5.74, 6) is 0.